The van der Waals surface area contributed by atoms with E-state index in [4.69, 9.17) is 4.74 Å². The van der Waals surface area contributed by atoms with Crippen molar-refractivity contribution in [3.63, 3.8) is 0 Å². The van der Waals surface area contributed by atoms with E-state index in [1.807, 2.05) is 31.2 Å². The summed E-state index contributed by atoms with van der Waals surface area (Å²) in [5.74, 6) is 0.672. The van der Waals surface area contributed by atoms with E-state index < -0.39 is 0 Å². The normalized spacial score (nSPS) is 18.6. The Morgan fingerprint density at radius 3 is 2.53 bits per heavy atom. The van der Waals surface area contributed by atoms with Gasteiger partial charge in [-0.05, 0) is 38.3 Å². The van der Waals surface area contributed by atoms with Gasteiger partial charge in [-0.3, -0.25) is 9.59 Å². The third-order valence-electron chi connectivity index (χ3n) is 5.35. The first-order chi connectivity index (χ1) is 14.5. The molecule has 0 saturated heterocycles. The van der Waals surface area contributed by atoms with Gasteiger partial charge in [0.25, 0.3) is 5.91 Å². The summed E-state index contributed by atoms with van der Waals surface area (Å²) in [6, 6.07) is 7.79. The van der Waals surface area contributed by atoms with Gasteiger partial charge in [0.15, 0.2) is 0 Å². The summed E-state index contributed by atoms with van der Waals surface area (Å²) >= 11 is 1.42. The quantitative estimate of drug-likeness (QED) is 0.620. The number of nitrogens with zero attached hydrogens (tertiary/aromatic N) is 1. The van der Waals surface area contributed by atoms with Gasteiger partial charge in [-0.25, -0.2) is 4.98 Å². The first-order valence-corrected chi connectivity index (χ1v) is 11.7. The summed E-state index contributed by atoms with van der Waals surface area (Å²) in [4.78, 5) is 29.3. The van der Waals surface area contributed by atoms with Crippen LogP contribution in [0.25, 0.3) is 0 Å². The molecule has 7 heteroatoms. The van der Waals surface area contributed by atoms with Crippen molar-refractivity contribution in [3.8, 4) is 5.75 Å². The van der Waals surface area contributed by atoms with Crippen LogP contribution in [0.5, 0.6) is 5.75 Å². The lowest BCUT2D eigenvalue weighted by molar-refractivity contribution is -0.122. The molecular formula is C23H31N3O3S. The third-order valence-corrected chi connectivity index (χ3v) is 6.18. The van der Waals surface area contributed by atoms with Crippen LogP contribution in [0.4, 0.5) is 0 Å². The average Bonchev–Trinajstić information content (AvgIpc) is 3.22. The fourth-order valence-electron chi connectivity index (χ4n) is 3.60. The number of rotatable bonds is 9. The Labute approximate surface area is 182 Å². The molecule has 2 aromatic rings. The maximum absolute atomic E-state index is 12.7. The highest BCUT2D eigenvalue weighted by atomic mass is 32.1. The zero-order valence-electron chi connectivity index (χ0n) is 17.8. The Balaban J connectivity index is 1.52. The van der Waals surface area contributed by atoms with Crippen LogP contribution in [0, 0.1) is 6.92 Å². The second kappa shape index (κ2) is 11.1. The van der Waals surface area contributed by atoms with Gasteiger partial charge in [0, 0.05) is 23.9 Å². The van der Waals surface area contributed by atoms with Gasteiger partial charge in [-0.15, -0.1) is 11.3 Å². The molecule has 0 spiro atoms. The minimum Gasteiger partial charge on any atom is -0.486 e. The molecule has 1 aliphatic rings. The molecule has 1 heterocycles. The Morgan fingerprint density at radius 2 is 1.83 bits per heavy atom. The lowest BCUT2D eigenvalue weighted by atomic mass is 9.90. The first-order valence-electron chi connectivity index (χ1n) is 10.8. The molecule has 1 aliphatic carbocycles. The van der Waals surface area contributed by atoms with Crippen molar-refractivity contribution in [3.05, 3.63) is 45.9 Å². The average molecular weight is 430 g/mol. The molecule has 0 radical (unpaired) electrons. The van der Waals surface area contributed by atoms with E-state index >= 15 is 0 Å². The van der Waals surface area contributed by atoms with Crippen molar-refractivity contribution >= 4 is 23.2 Å². The van der Waals surface area contributed by atoms with Crippen LogP contribution in [-0.4, -0.2) is 28.9 Å². The Kier molecular flexibility index (Phi) is 8.25. The molecule has 2 N–H and O–H groups in total. The second-order valence-electron chi connectivity index (χ2n) is 7.87. The minimum absolute atomic E-state index is 0.00460. The molecule has 162 valence electrons. The van der Waals surface area contributed by atoms with Crippen LogP contribution in [0.1, 0.15) is 72.9 Å². The minimum atomic E-state index is -0.187. The third kappa shape index (κ3) is 6.55. The molecular weight excluding hydrogens is 398 g/mol. The lowest BCUT2D eigenvalue weighted by Gasteiger charge is -2.32. The Hall–Kier alpha value is -2.41. The molecule has 6 nitrogen and oxygen atoms in total. The van der Waals surface area contributed by atoms with Crippen molar-refractivity contribution in [1.29, 1.82) is 0 Å². The van der Waals surface area contributed by atoms with Gasteiger partial charge in [0.1, 0.15) is 23.1 Å². The number of carbonyl (C=O) groups excluding carboxylic acids is 2. The van der Waals surface area contributed by atoms with Gasteiger partial charge in [-0.2, -0.15) is 0 Å². The van der Waals surface area contributed by atoms with E-state index in [0.29, 0.717) is 18.7 Å². The van der Waals surface area contributed by atoms with E-state index in [1.165, 1.54) is 16.9 Å². The number of aromatic nitrogens is 1. The number of ether oxygens (including phenoxy) is 1. The topological polar surface area (TPSA) is 80.3 Å². The van der Waals surface area contributed by atoms with Crippen LogP contribution in [0.3, 0.4) is 0 Å². The number of nitrogens with one attached hydrogen (secondary N) is 2. The number of hydrogen-bond donors (Lipinski definition) is 2. The lowest BCUT2D eigenvalue weighted by Crippen LogP contribution is -2.53. The molecule has 0 unspecified atom stereocenters. The molecule has 2 atom stereocenters. The molecule has 1 fully saturated rings. The molecule has 1 aromatic carbocycles. The highest BCUT2D eigenvalue weighted by Crippen LogP contribution is 2.20. The summed E-state index contributed by atoms with van der Waals surface area (Å²) < 4.78 is 5.75. The number of thiazole rings is 1. The standard InChI is InChI=1S/C23H31N3O3S/c1-3-4-9-21(27)24-18-7-5-6-8-19(18)26-23(28)20-15-30-22(25-20)14-29-17-12-10-16(2)11-13-17/h10-13,15,18-19H,3-9,14H2,1-2H3,(H,24,27)(H,26,28)/t18-,19-/m0/s1. The number of hydrogen-bond acceptors (Lipinski definition) is 5. The van der Waals surface area contributed by atoms with Gasteiger partial charge in [0.05, 0.1) is 0 Å². The second-order valence-corrected chi connectivity index (χ2v) is 8.81. The van der Waals surface area contributed by atoms with Gasteiger partial charge < -0.3 is 15.4 Å². The van der Waals surface area contributed by atoms with Gasteiger partial charge >= 0.3 is 0 Å². The predicted octanol–water partition coefficient (Wildman–Crippen LogP) is 4.38. The van der Waals surface area contributed by atoms with Crippen molar-refractivity contribution in [2.24, 2.45) is 0 Å². The monoisotopic (exact) mass is 429 g/mol. The van der Waals surface area contributed by atoms with Gasteiger partial charge in [-0.1, -0.05) is 43.9 Å². The summed E-state index contributed by atoms with van der Waals surface area (Å²) in [7, 11) is 0. The van der Waals surface area contributed by atoms with E-state index in [0.717, 1.165) is 49.3 Å². The van der Waals surface area contributed by atoms with Crippen molar-refractivity contribution in [2.45, 2.75) is 77.5 Å². The molecule has 2 amide bonds. The number of benzene rings is 1. The molecule has 1 aromatic heterocycles. The van der Waals surface area contributed by atoms with E-state index in [2.05, 4.69) is 22.5 Å². The molecule has 0 bridgehead atoms. The molecule has 0 aliphatic heterocycles. The maximum atomic E-state index is 12.7. The Morgan fingerprint density at radius 1 is 1.13 bits per heavy atom. The zero-order chi connectivity index (χ0) is 21.3. The smallest absolute Gasteiger partial charge is 0.271 e. The SMILES string of the molecule is CCCCC(=O)N[C@H]1CCCC[C@@H]1NC(=O)c1csc(COc2ccc(C)cc2)n1. The number of amides is 2. The number of unbranched alkanes of at least 4 members (excludes halogenated alkanes) is 1. The highest BCUT2D eigenvalue weighted by molar-refractivity contribution is 7.09. The van der Waals surface area contributed by atoms with Crippen LogP contribution in [0.15, 0.2) is 29.6 Å². The van der Waals surface area contributed by atoms with Crippen LogP contribution in [0.2, 0.25) is 0 Å². The number of aryl methyl sites for hydroxylation is 1. The fourth-order valence-corrected chi connectivity index (χ4v) is 4.28. The van der Waals surface area contributed by atoms with E-state index in [9.17, 15) is 9.59 Å². The summed E-state index contributed by atoms with van der Waals surface area (Å²) in [6.45, 7) is 4.44. The van der Waals surface area contributed by atoms with Crippen molar-refractivity contribution in [2.75, 3.05) is 0 Å². The molecule has 30 heavy (non-hydrogen) atoms. The summed E-state index contributed by atoms with van der Waals surface area (Å²) in [5.41, 5.74) is 1.59. The highest BCUT2D eigenvalue weighted by Gasteiger charge is 2.28. The fraction of sp³-hybridized carbons (Fsp3) is 0.522. The molecule has 1 saturated carbocycles. The zero-order valence-corrected chi connectivity index (χ0v) is 18.6. The van der Waals surface area contributed by atoms with E-state index in [-0.39, 0.29) is 23.9 Å². The van der Waals surface area contributed by atoms with Crippen LogP contribution >= 0.6 is 11.3 Å². The van der Waals surface area contributed by atoms with Crippen molar-refractivity contribution < 1.29 is 14.3 Å². The predicted molar refractivity (Wildman–Crippen MR) is 119 cm³/mol. The van der Waals surface area contributed by atoms with Gasteiger partial charge in [0.2, 0.25) is 5.91 Å². The van der Waals surface area contributed by atoms with Crippen molar-refractivity contribution in [1.82, 2.24) is 15.6 Å². The number of carbonyl (C=O) groups is 2. The summed E-state index contributed by atoms with van der Waals surface area (Å²) in [5, 5.41) is 8.73. The summed E-state index contributed by atoms with van der Waals surface area (Å²) in [6.07, 6.45) is 6.33. The van der Waals surface area contributed by atoms with Crippen LogP contribution < -0.4 is 15.4 Å². The molecule has 3 rings (SSSR count). The maximum Gasteiger partial charge on any atom is 0.271 e. The van der Waals surface area contributed by atoms with Crippen LogP contribution in [-0.2, 0) is 11.4 Å². The van der Waals surface area contributed by atoms with E-state index in [1.54, 1.807) is 5.38 Å². The largest absolute Gasteiger partial charge is 0.486 e. The first kappa shape index (κ1) is 22.3. The Bertz CT molecular complexity index is 834.